The van der Waals surface area contributed by atoms with Crippen molar-refractivity contribution in [3.05, 3.63) is 90.5 Å². The summed E-state index contributed by atoms with van der Waals surface area (Å²) in [7, 11) is 0. The van der Waals surface area contributed by atoms with Crippen LogP contribution in [0.3, 0.4) is 0 Å². The summed E-state index contributed by atoms with van der Waals surface area (Å²) in [5.41, 5.74) is 2.68. The summed E-state index contributed by atoms with van der Waals surface area (Å²) < 4.78 is 0. The molecule has 1 aromatic heterocycles. The predicted molar refractivity (Wildman–Crippen MR) is 106 cm³/mol. The molecule has 128 valence electrons. The average molecular weight is 359 g/mol. The molecule has 0 saturated heterocycles. The molecule has 0 aliphatic heterocycles. The highest BCUT2D eigenvalue weighted by Crippen LogP contribution is 2.36. The summed E-state index contributed by atoms with van der Waals surface area (Å²) in [4.78, 5) is 21.6. The molecule has 4 rings (SSSR count). The normalized spacial score (nSPS) is 12.0. The lowest BCUT2D eigenvalue weighted by atomic mass is 10.1. The highest BCUT2D eigenvalue weighted by molar-refractivity contribution is 8.00. The molecule has 5 heteroatoms. The maximum atomic E-state index is 13.0. The molecule has 0 fully saturated rings. The van der Waals surface area contributed by atoms with Gasteiger partial charge in [-0.05, 0) is 29.8 Å². The van der Waals surface area contributed by atoms with Crippen molar-refractivity contribution in [2.45, 2.75) is 10.1 Å². The molecule has 0 spiro atoms. The SMILES string of the molecule is O=C(Nc1nc2ccccc2[nH]1)[C@@H](Sc1ccccc1)c1ccccc1. The molecular formula is C21H17N3OS. The van der Waals surface area contributed by atoms with Crippen LogP contribution in [-0.4, -0.2) is 15.9 Å². The second kappa shape index (κ2) is 7.45. The molecule has 0 aliphatic carbocycles. The van der Waals surface area contributed by atoms with Crippen LogP contribution < -0.4 is 5.32 Å². The highest BCUT2D eigenvalue weighted by atomic mass is 32.2. The number of aromatic amines is 1. The maximum absolute atomic E-state index is 13.0. The summed E-state index contributed by atoms with van der Waals surface area (Å²) in [5, 5.41) is 2.56. The molecule has 0 bridgehead atoms. The Balaban J connectivity index is 1.61. The number of H-pyrrole nitrogens is 1. The number of amides is 1. The Kier molecular flexibility index (Phi) is 4.71. The van der Waals surface area contributed by atoms with E-state index >= 15 is 0 Å². The van der Waals surface area contributed by atoms with Crippen molar-refractivity contribution in [1.29, 1.82) is 0 Å². The Hall–Kier alpha value is -3.05. The maximum Gasteiger partial charge on any atom is 0.244 e. The quantitative estimate of drug-likeness (QED) is 0.491. The van der Waals surface area contributed by atoms with Gasteiger partial charge in [0.1, 0.15) is 5.25 Å². The van der Waals surface area contributed by atoms with Crippen molar-refractivity contribution in [2.24, 2.45) is 0 Å². The van der Waals surface area contributed by atoms with E-state index in [1.165, 1.54) is 11.8 Å². The van der Waals surface area contributed by atoms with Crippen molar-refractivity contribution in [1.82, 2.24) is 9.97 Å². The van der Waals surface area contributed by atoms with Crippen molar-refractivity contribution in [3.8, 4) is 0 Å². The number of rotatable bonds is 5. The van der Waals surface area contributed by atoms with E-state index in [2.05, 4.69) is 15.3 Å². The topological polar surface area (TPSA) is 57.8 Å². The van der Waals surface area contributed by atoms with E-state index in [-0.39, 0.29) is 11.2 Å². The molecule has 0 aliphatic rings. The molecule has 4 aromatic rings. The van der Waals surface area contributed by atoms with Crippen LogP contribution in [0.5, 0.6) is 0 Å². The van der Waals surface area contributed by atoms with E-state index in [1.54, 1.807) is 0 Å². The van der Waals surface area contributed by atoms with Gasteiger partial charge in [0.25, 0.3) is 0 Å². The van der Waals surface area contributed by atoms with Crippen LogP contribution in [-0.2, 0) is 4.79 Å². The number of imidazole rings is 1. The monoisotopic (exact) mass is 359 g/mol. The first-order valence-electron chi connectivity index (χ1n) is 8.32. The van der Waals surface area contributed by atoms with Crippen LogP contribution in [0.4, 0.5) is 5.95 Å². The van der Waals surface area contributed by atoms with E-state index in [4.69, 9.17) is 0 Å². The van der Waals surface area contributed by atoms with E-state index in [0.29, 0.717) is 5.95 Å². The van der Waals surface area contributed by atoms with Gasteiger partial charge in [0, 0.05) is 4.90 Å². The molecule has 3 aromatic carbocycles. The lowest BCUT2D eigenvalue weighted by Gasteiger charge is -2.16. The van der Waals surface area contributed by atoms with Crippen LogP contribution in [0, 0.1) is 0 Å². The molecule has 0 radical (unpaired) electrons. The first-order valence-corrected chi connectivity index (χ1v) is 9.20. The highest BCUT2D eigenvalue weighted by Gasteiger charge is 2.23. The van der Waals surface area contributed by atoms with Gasteiger partial charge >= 0.3 is 0 Å². The Morgan fingerprint density at radius 1 is 0.885 bits per heavy atom. The van der Waals surface area contributed by atoms with E-state index < -0.39 is 0 Å². The number of nitrogens with zero attached hydrogens (tertiary/aromatic N) is 1. The third-order valence-electron chi connectivity index (χ3n) is 3.97. The minimum atomic E-state index is -0.369. The van der Waals surface area contributed by atoms with Crippen LogP contribution in [0.1, 0.15) is 10.8 Å². The number of anilines is 1. The van der Waals surface area contributed by atoms with Crippen LogP contribution in [0.15, 0.2) is 89.8 Å². The van der Waals surface area contributed by atoms with Crippen molar-refractivity contribution >= 4 is 34.7 Å². The Morgan fingerprint density at radius 2 is 1.54 bits per heavy atom. The number of aromatic nitrogens is 2. The van der Waals surface area contributed by atoms with Gasteiger partial charge < -0.3 is 4.98 Å². The third kappa shape index (κ3) is 3.63. The second-order valence-electron chi connectivity index (χ2n) is 5.81. The molecule has 0 saturated carbocycles. The minimum absolute atomic E-state index is 0.107. The number of carbonyl (C=O) groups is 1. The summed E-state index contributed by atoms with van der Waals surface area (Å²) >= 11 is 1.52. The summed E-state index contributed by atoms with van der Waals surface area (Å²) in [5.74, 6) is 0.356. The third-order valence-corrected chi connectivity index (χ3v) is 5.23. The average Bonchev–Trinajstić information content (AvgIpc) is 3.09. The predicted octanol–water partition coefficient (Wildman–Crippen LogP) is 5.04. The van der Waals surface area contributed by atoms with Gasteiger partial charge in [-0.15, -0.1) is 11.8 Å². The van der Waals surface area contributed by atoms with Gasteiger partial charge in [-0.3, -0.25) is 10.1 Å². The Labute approximate surface area is 155 Å². The first kappa shape index (κ1) is 16.4. The summed E-state index contributed by atoms with van der Waals surface area (Å²) in [6.07, 6.45) is 0. The smallest absolute Gasteiger partial charge is 0.244 e. The minimum Gasteiger partial charge on any atom is -0.324 e. The van der Waals surface area contributed by atoms with E-state index in [1.807, 2.05) is 84.9 Å². The van der Waals surface area contributed by atoms with Gasteiger partial charge in [-0.25, -0.2) is 4.98 Å². The second-order valence-corrected chi connectivity index (χ2v) is 6.99. The fraction of sp³-hybridized carbons (Fsp3) is 0.0476. The molecule has 2 N–H and O–H groups in total. The van der Waals surface area contributed by atoms with Gasteiger partial charge in [-0.1, -0.05) is 60.7 Å². The number of para-hydroxylation sites is 2. The van der Waals surface area contributed by atoms with Crippen molar-refractivity contribution < 1.29 is 4.79 Å². The lowest BCUT2D eigenvalue weighted by Crippen LogP contribution is -2.19. The largest absolute Gasteiger partial charge is 0.324 e. The molecule has 1 atom stereocenters. The number of hydrogen-bond donors (Lipinski definition) is 2. The molecule has 26 heavy (non-hydrogen) atoms. The number of benzene rings is 3. The Morgan fingerprint density at radius 3 is 2.27 bits per heavy atom. The van der Waals surface area contributed by atoms with E-state index in [0.717, 1.165) is 21.5 Å². The van der Waals surface area contributed by atoms with Gasteiger partial charge in [-0.2, -0.15) is 0 Å². The summed E-state index contributed by atoms with van der Waals surface area (Å²) in [6.45, 7) is 0. The number of nitrogens with one attached hydrogen (secondary N) is 2. The molecular weight excluding hydrogens is 342 g/mol. The first-order chi connectivity index (χ1) is 12.8. The fourth-order valence-corrected chi connectivity index (χ4v) is 3.78. The number of fused-ring (bicyclic) bond motifs is 1. The zero-order valence-electron chi connectivity index (χ0n) is 13.9. The zero-order chi connectivity index (χ0) is 17.8. The van der Waals surface area contributed by atoms with Crippen LogP contribution >= 0.6 is 11.8 Å². The molecule has 1 heterocycles. The number of carbonyl (C=O) groups excluding carboxylic acids is 1. The fourth-order valence-electron chi connectivity index (χ4n) is 2.73. The van der Waals surface area contributed by atoms with Gasteiger partial charge in [0.2, 0.25) is 11.9 Å². The van der Waals surface area contributed by atoms with E-state index in [9.17, 15) is 4.79 Å². The molecule has 4 nitrogen and oxygen atoms in total. The summed E-state index contributed by atoms with van der Waals surface area (Å²) in [6, 6.07) is 27.4. The molecule has 0 unspecified atom stereocenters. The number of hydrogen-bond acceptors (Lipinski definition) is 3. The van der Waals surface area contributed by atoms with Crippen molar-refractivity contribution in [2.75, 3.05) is 5.32 Å². The lowest BCUT2D eigenvalue weighted by molar-refractivity contribution is -0.115. The van der Waals surface area contributed by atoms with Crippen molar-refractivity contribution in [3.63, 3.8) is 0 Å². The van der Waals surface area contributed by atoms with Gasteiger partial charge in [0.05, 0.1) is 11.0 Å². The zero-order valence-corrected chi connectivity index (χ0v) is 14.7. The van der Waals surface area contributed by atoms with Gasteiger partial charge in [0.15, 0.2) is 0 Å². The van der Waals surface area contributed by atoms with Crippen LogP contribution in [0.2, 0.25) is 0 Å². The molecule has 1 amide bonds. The Bertz CT molecular complexity index is 982. The number of thioether (sulfide) groups is 1. The standard InChI is InChI=1S/C21H17N3OS/c25-20(24-21-22-17-13-7-8-14-18(17)23-21)19(15-9-3-1-4-10-15)26-16-11-5-2-6-12-16/h1-14,19H,(H2,22,23,24,25)/t19-/m0/s1. The van der Waals surface area contributed by atoms with Crippen LogP contribution in [0.25, 0.3) is 11.0 Å².